The Balaban J connectivity index is 1.66. The Morgan fingerprint density at radius 3 is 2.51 bits per heavy atom. The van der Waals surface area contributed by atoms with Crippen LogP contribution in [0.2, 0.25) is 5.02 Å². The monoisotopic (exact) mass is 552 g/mol. The summed E-state index contributed by atoms with van der Waals surface area (Å²) in [5.74, 6) is -0.529. The van der Waals surface area contributed by atoms with E-state index in [2.05, 4.69) is 10.2 Å². The van der Waals surface area contributed by atoms with Gasteiger partial charge in [-0.2, -0.15) is 0 Å². The van der Waals surface area contributed by atoms with Crippen molar-refractivity contribution in [1.29, 1.82) is 0 Å². The molecule has 2 atom stereocenters. The second-order valence-corrected chi connectivity index (χ2v) is 10.5. The van der Waals surface area contributed by atoms with Crippen LogP contribution in [0, 0.1) is 13.8 Å². The predicted molar refractivity (Wildman–Crippen MR) is 152 cm³/mol. The van der Waals surface area contributed by atoms with Gasteiger partial charge < -0.3 is 15.0 Å². The standard InChI is InChI=1S/C30H37ClN4O4/c1-6-34-25(18-33-14-15-35(21(5)17-33)28(36)22-10-8-9-11-24(22)31)26(29(37)39-7-2)27(32-30(34)38)23-16-19(3)12-13-20(23)4/h8-13,16,21,27H,6-7,14-15,17-18H2,1-5H3,(H,32,38). The van der Waals surface area contributed by atoms with Crippen molar-refractivity contribution in [3.8, 4) is 0 Å². The molecule has 0 saturated carbocycles. The summed E-state index contributed by atoms with van der Waals surface area (Å²) in [6.45, 7) is 12.4. The first kappa shape index (κ1) is 28.6. The third-order valence-electron chi connectivity index (χ3n) is 7.45. The number of ether oxygens (including phenoxy) is 1. The minimum atomic E-state index is -0.616. The molecule has 4 rings (SSSR count). The van der Waals surface area contributed by atoms with Crippen molar-refractivity contribution in [1.82, 2.24) is 20.0 Å². The first-order valence-electron chi connectivity index (χ1n) is 13.5. The second-order valence-electron chi connectivity index (χ2n) is 10.1. The van der Waals surface area contributed by atoms with Crippen LogP contribution in [0.15, 0.2) is 53.7 Å². The molecule has 9 heteroatoms. The van der Waals surface area contributed by atoms with E-state index in [1.54, 1.807) is 30.0 Å². The summed E-state index contributed by atoms with van der Waals surface area (Å²) in [4.78, 5) is 45.7. The van der Waals surface area contributed by atoms with Crippen LogP contribution in [0.5, 0.6) is 0 Å². The Labute approximate surface area is 235 Å². The van der Waals surface area contributed by atoms with Gasteiger partial charge in [-0.15, -0.1) is 0 Å². The number of amides is 3. The van der Waals surface area contributed by atoms with Crippen LogP contribution in [-0.2, 0) is 9.53 Å². The number of likely N-dealkylation sites (N-methyl/N-ethyl adjacent to an activating group) is 1. The highest BCUT2D eigenvalue weighted by atomic mass is 35.5. The van der Waals surface area contributed by atoms with Crippen LogP contribution in [0.1, 0.15) is 53.9 Å². The minimum Gasteiger partial charge on any atom is -0.463 e. The number of halogens is 1. The number of benzene rings is 2. The number of urea groups is 1. The molecule has 2 aromatic carbocycles. The number of carbonyl (C=O) groups excluding carboxylic acids is 3. The van der Waals surface area contributed by atoms with E-state index < -0.39 is 12.0 Å². The summed E-state index contributed by atoms with van der Waals surface area (Å²) in [6.07, 6.45) is 0. The highest BCUT2D eigenvalue weighted by molar-refractivity contribution is 6.33. The molecule has 1 fully saturated rings. The summed E-state index contributed by atoms with van der Waals surface area (Å²) in [5.41, 5.74) is 4.49. The van der Waals surface area contributed by atoms with Gasteiger partial charge in [-0.25, -0.2) is 9.59 Å². The molecule has 1 N–H and O–H groups in total. The van der Waals surface area contributed by atoms with Crippen LogP contribution < -0.4 is 5.32 Å². The Hall–Kier alpha value is -3.36. The number of esters is 1. The quantitative estimate of drug-likeness (QED) is 0.503. The van der Waals surface area contributed by atoms with Gasteiger partial charge in [0.05, 0.1) is 28.8 Å². The third kappa shape index (κ3) is 5.97. The van der Waals surface area contributed by atoms with E-state index in [0.717, 1.165) is 16.7 Å². The fourth-order valence-electron chi connectivity index (χ4n) is 5.44. The van der Waals surface area contributed by atoms with Crippen molar-refractivity contribution in [2.45, 2.75) is 46.7 Å². The molecule has 0 radical (unpaired) electrons. The summed E-state index contributed by atoms with van der Waals surface area (Å²) in [5, 5.41) is 3.49. The molecule has 208 valence electrons. The number of nitrogens with zero attached hydrogens (tertiary/aromatic N) is 3. The first-order chi connectivity index (χ1) is 18.7. The lowest BCUT2D eigenvalue weighted by atomic mass is 9.90. The van der Waals surface area contributed by atoms with Gasteiger partial charge in [0.1, 0.15) is 0 Å². The molecule has 2 aliphatic rings. The summed E-state index contributed by atoms with van der Waals surface area (Å²) >= 11 is 6.29. The molecule has 0 aliphatic carbocycles. The number of rotatable bonds is 7. The van der Waals surface area contributed by atoms with Gasteiger partial charge >= 0.3 is 12.0 Å². The number of piperazine rings is 1. The average Bonchev–Trinajstić information content (AvgIpc) is 2.90. The lowest BCUT2D eigenvalue weighted by Gasteiger charge is -2.43. The lowest BCUT2D eigenvalue weighted by molar-refractivity contribution is -0.139. The molecule has 3 amide bonds. The summed E-state index contributed by atoms with van der Waals surface area (Å²) < 4.78 is 5.52. The number of hydrogen-bond acceptors (Lipinski definition) is 5. The van der Waals surface area contributed by atoms with Gasteiger partial charge in [-0.3, -0.25) is 14.6 Å². The zero-order chi connectivity index (χ0) is 28.3. The largest absolute Gasteiger partial charge is 0.463 e. The van der Waals surface area contributed by atoms with E-state index in [4.69, 9.17) is 16.3 Å². The molecule has 39 heavy (non-hydrogen) atoms. The molecule has 0 bridgehead atoms. The predicted octanol–water partition coefficient (Wildman–Crippen LogP) is 4.71. The van der Waals surface area contributed by atoms with E-state index in [1.807, 2.05) is 56.9 Å². The van der Waals surface area contributed by atoms with E-state index in [9.17, 15) is 14.4 Å². The van der Waals surface area contributed by atoms with Crippen molar-refractivity contribution in [2.75, 3.05) is 39.3 Å². The number of carbonyl (C=O) groups is 3. The molecule has 2 heterocycles. The van der Waals surface area contributed by atoms with E-state index in [-0.39, 0.29) is 24.6 Å². The van der Waals surface area contributed by atoms with Crippen molar-refractivity contribution >= 4 is 29.5 Å². The second kappa shape index (κ2) is 12.2. The SMILES string of the molecule is CCOC(=O)C1=C(CN2CCN(C(=O)c3ccccc3Cl)C(C)C2)N(CC)C(=O)NC1c1cc(C)ccc1C. The van der Waals surface area contributed by atoms with Crippen molar-refractivity contribution < 1.29 is 19.1 Å². The first-order valence-corrected chi connectivity index (χ1v) is 13.9. The molecule has 2 unspecified atom stereocenters. The topological polar surface area (TPSA) is 82.2 Å². The molecular formula is C30H37ClN4O4. The maximum Gasteiger partial charge on any atom is 0.338 e. The van der Waals surface area contributed by atoms with E-state index in [1.165, 1.54) is 0 Å². The van der Waals surface area contributed by atoms with Gasteiger partial charge in [-0.05, 0) is 57.9 Å². The van der Waals surface area contributed by atoms with Gasteiger partial charge in [0.25, 0.3) is 5.91 Å². The summed E-state index contributed by atoms with van der Waals surface area (Å²) in [7, 11) is 0. The highest BCUT2D eigenvalue weighted by Gasteiger charge is 2.39. The van der Waals surface area contributed by atoms with Crippen molar-refractivity contribution in [3.05, 3.63) is 81.0 Å². The molecule has 2 aromatic rings. The van der Waals surface area contributed by atoms with Crippen LogP contribution in [0.4, 0.5) is 4.79 Å². The molecule has 8 nitrogen and oxygen atoms in total. The van der Waals surface area contributed by atoms with Crippen LogP contribution in [0.25, 0.3) is 0 Å². The van der Waals surface area contributed by atoms with Gasteiger partial charge in [0.15, 0.2) is 0 Å². The minimum absolute atomic E-state index is 0.0866. The lowest BCUT2D eigenvalue weighted by Crippen LogP contribution is -2.56. The Morgan fingerprint density at radius 2 is 1.85 bits per heavy atom. The zero-order valence-electron chi connectivity index (χ0n) is 23.3. The van der Waals surface area contributed by atoms with Crippen LogP contribution in [0.3, 0.4) is 0 Å². The highest BCUT2D eigenvalue weighted by Crippen LogP contribution is 2.34. The van der Waals surface area contributed by atoms with E-state index in [0.29, 0.717) is 54.6 Å². The van der Waals surface area contributed by atoms with E-state index >= 15 is 0 Å². The fraction of sp³-hybridized carbons (Fsp3) is 0.433. The number of nitrogens with one attached hydrogen (secondary N) is 1. The maximum absolute atomic E-state index is 13.5. The normalized spacial score (nSPS) is 20.2. The van der Waals surface area contributed by atoms with Gasteiger partial charge in [0, 0.05) is 44.5 Å². The fourth-order valence-corrected chi connectivity index (χ4v) is 5.66. The summed E-state index contributed by atoms with van der Waals surface area (Å²) in [6, 6.07) is 12.2. The Kier molecular flexibility index (Phi) is 8.97. The van der Waals surface area contributed by atoms with Gasteiger partial charge in [0.2, 0.25) is 0 Å². The Bertz CT molecular complexity index is 1290. The Morgan fingerprint density at radius 1 is 1.10 bits per heavy atom. The van der Waals surface area contributed by atoms with Crippen LogP contribution in [-0.4, -0.2) is 78.0 Å². The maximum atomic E-state index is 13.5. The molecule has 0 spiro atoms. The van der Waals surface area contributed by atoms with Crippen LogP contribution >= 0.6 is 11.6 Å². The average molecular weight is 553 g/mol. The van der Waals surface area contributed by atoms with Crippen molar-refractivity contribution in [2.24, 2.45) is 0 Å². The van der Waals surface area contributed by atoms with Crippen molar-refractivity contribution in [3.63, 3.8) is 0 Å². The number of hydrogen-bond donors (Lipinski definition) is 1. The molecular weight excluding hydrogens is 516 g/mol. The zero-order valence-corrected chi connectivity index (χ0v) is 24.0. The number of aryl methyl sites for hydroxylation is 2. The molecule has 0 aromatic heterocycles. The third-order valence-corrected chi connectivity index (χ3v) is 7.78. The molecule has 1 saturated heterocycles. The van der Waals surface area contributed by atoms with Gasteiger partial charge in [-0.1, -0.05) is 47.5 Å². The smallest absolute Gasteiger partial charge is 0.338 e. The molecule has 2 aliphatic heterocycles.